The molecule has 1 aliphatic heterocycles. The number of benzene rings is 1. The molecular weight excluding hydrogens is 319 g/mol. The second-order valence-electron chi connectivity index (χ2n) is 6.07. The van der Waals surface area contributed by atoms with E-state index in [0.717, 1.165) is 38.0 Å². The lowest BCUT2D eigenvalue weighted by Gasteiger charge is -2.30. The van der Waals surface area contributed by atoms with Gasteiger partial charge in [0.15, 0.2) is 0 Å². The van der Waals surface area contributed by atoms with Crippen molar-refractivity contribution in [3.8, 4) is 5.75 Å². The molecule has 1 aromatic rings. The van der Waals surface area contributed by atoms with Crippen LogP contribution in [0.4, 0.5) is 4.39 Å². The molecule has 0 saturated carbocycles. The maximum absolute atomic E-state index is 13.3. The van der Waals surface area contributed by atoms with Crippen molar-refractivity contribution >= 4 is 10.0 Å². The fraction of sp³-hybridized carbons (Fsp3) is 0.625. The number of sulfonamides is 1. The maximum Gasteiger partial charge on any atom is 0.244 e. The largest absolute Gasteiger partial charge is 0.495 e. The number of hydrogen-bond donors (Lipinski definition) is 1. The van der Waals surface area contributed by atoms with Gasteiger partial charge in [0.2, 0.25) is 10.0 Å². The molecule has 1 saturated heterocycles. The monoisotopic (exact) mass is 344 g/mol. The minimum atomic E-state index is -3.77. The molecule has 1 fully saturated rings. The summed E-state index contributed by atoms with van der Waals surface area (Å²) in [5, 5.41) is 0. The summed E-state index contributed by atoms with van der Waals surface area (Å²) in [4.78, 5) is 2.20. The molecule has 0 spiro atoms. The van der Waals surface area contributed by atoms with E-state index in [1.807, 2.05) is 0 Å². The summed E-state index contributed by atoms with van der Waals surface area (Å²) in [6, 6.07) is 3.47. The van der Waals surface area contributed by atoms with Crippen LogP contribution in [-0.4, -0.2) is 46.6 Å². The van der Waals surface area contributed by atoms with E-state index in [4.69, 9.17) is 4.74 Å². The number of likely N-dealkylation sites (tertiary alicyclic amines) is 1. The lowest BCUT2D eigenvalue weighted by atomic mass is 9.99. The Morgan fingerprint density at radius 2 is 2.04 bits per heavy atom. The predicted octanol–water partition coefficient (Wildman–Crippen LogP) is 2.23. The highest BCUT2D eigenvalue weighted by Gasteiger charge is 2.20. The summed E-state index contributed by atoms with van der Waals surface area (Å²) in [5.41, 5.74) is 0. The van der Waals surface area contributed by atoms with Crippen LogP contribution in [0, 0.1) is 11.7 Å². The minimum Gasteiger partial charge on any atom is -0.495 e. The highest BCUT2D eigenvalue weighted by atomic mass is 32.2. The number of nitrogens with zero attached hydrogens (tertiary/aromatic N) is 1. The van der Waals surface area contributed by atoms with E-state index >= 15 is 0 Å². The molecule has 0 aliphatic carbocycles. The van der Waals surface area contributed by atoms with Crippen LogP contribution in [0.15, 0.2) is 23.1 Å². The van der Waals surface area contributed by atoms with Gasteiger partial charge < -0.3 is 9.64 Å². The van der Waals surface area contributed by atoms with Crippen LogP contribution in [-0.2, 0) is 10.0 Å². The first-order chi connectivity index (χ1) is 10.9. The molecular formula is C16H25FN2O3S. The average molecular weight is 344 g/mol. The zero-order chi connectivity index (χ0) is 16.9. The molecule has 130 valence electrons. The molecule has 1 N–H and O–H groups in total. The van der Waals surface area contributed by atoms with Crippen LogP contribution in [0.5, 0.6) is 5.75 Å². The Labute approximate surface area is 137 Å². The van der Waals surface area contributed by atoms with Crippen molar-refractivity contribution in [1.29, 1.82) is 0 Å². The van der Waals surface area contributed by atoms with E-state index in [1.54, 1.807) is 0 Å². The van der Waals surface area contributed by atoms with Gasteiger partial charge in [-0.1, -0.05) is 6.92 Å². The lowest BCUT2D eigenvalue weighted by molar-refractivity contribution is 0.191. The highest BCUT2D eigenvalue weighted by molar-refractivity contribution is 7.89. The number of ether oxygens (including phenoxy) is 1. The Balaban J connectivity index is 1.86. The van der Waals surface area contributed by atoms with Gasteiger partial charge >= 0.3 is 0 Å². The number of piperidine rings is 1. The molecule has 5 nitrogen and oxygen atoms in total. The molecule has 1 heterocycles. The van der Waals surface area contributed by atoms with Gasteiger partial charge in [-0.25, -0.2) is 17.5 Å². The quantitative estimate of drug-likeness (QED) is 0.771. The summed E-state index contributed by atoms with van der Waals surface area (Å²) >= 11 is 0. The molecule has 0 atom stereocenters. The van der Waals surface area contributed by atoms with Crippen LogP contribution >= 0.6 is 0 Å². The van der Waals surface area contributed by atoms with Crippen LogP contribution < -0.4 is 9.46 Å². The molecule has 0 aromatic heterocycles. The Bertz CT molecular complexity index is 614. The second-order valence-corrected chi connectivity index (χ2v) is 7.81. The topological polar surface area (TPSA) is 58.6 Å². The molecule has 0 radical (unpaired) electrons. The first kappa shape index (κ1) is 18.2. The van der Waals surface area contributed by atoms with Crippen molar-refractivity contribution in [1.82, 2.24) is 9.62 Å². The Morgan fingerprint density at radius 1 is 1.35 bits per heavy atom. The second kappa shape index (κ2) is 8.08. The summed E-state index contributed by atoms with van der Waals surface area (Å²) in [7, 11) is -2.41. The molecule has 0 amide bonds. The van der Waals surface area contributed by atoms with Crippen molar-refractivity contribution in [3.05, 3.63) is 24.0 Å². The van der Waals surface area contributed by atoms with E-state index in [0.29, 0.717) is 6.54 Å². The summed E-state index contributed by atoms with van der Waals surface area (Å²) in [6.07, 6.45) is 3.13. The van der Waals surface area contributed by atoms with E-state index in [9.17, 15) is 12.8 Å². The fourth-order valence-electron chi connectivity index (χ4n) is 2.73. The number of nitrogens with one attached hydrogen (secondary N) is 1. The fourth-order valence-corrected chi connectivity index (χ4v) is 3.99. The average Bonchev–Trinajstić information content (AvgIpc) is 2.53. The van der Waals surface area contributed by atoms with Gasteiger partial charge in [-0.2, -0.15) is 0 Å². The van der Waals surface area contributed by atoms with Crippen molar-refractivity contribution in [2.45, 2.75) is 31.1 Å². The third-order valence-corrected chi connectivity index (χ3v) is 5.72. The normalized spacial score (nSPS) is 17.3. The zero-order valence-corrected chi connectivity index (χ0v) is 14.5. The smallest absolute Gasteiger partial charge is 0.244 e. The molecule has 0 bridgehead atoms. The minimum absolute atomic E-state index is 0.143. The van der Waals surface area contributed by atoms with Crippen LogP contribution in [0.1, 0.15) is 26.2 Å². The van der Waals surface area contributed by atoms with Crippen molar-refractivity contribution < 1.29 is 17.5 Å². The summed E-state index contributed by atoms with van der Waals surface area (Å²) in [5.74, 6) is 0.322. The number of rotatable bonds is 7. The third-order valence-electron chi connectivity index (χ3n) is 4.23. The maximum atomic E-state index is 13.3. The lowest BCUT2D eigenvalue weighted by Crippen LogP contribution is -2.35. The Hall–Kier alpha value is -1.18. The predicted molar refractivity (Wildman–Crippen MR) is 87.6 cm³/mol. The highest BCUT2D eigenvalue weighted by Crippen LogP contribution is 2.24. The van der Waals surface area contributed by atoms with Gasteiger partial charge in [-0.15, -0.1) is 0 Å². The first-order valence-corrected chi connectivity index (χ1v) is 9.46. The van der Waals surface area contributed by atoms with E-state index < -0.39 is 15.8 Å². The third kappa shape index (κ3) is 5.16. The summed E-state index contributed by atoms with van der Waals surface area (Å²) < 4.78 is 45.4. The summed E-state index contributed by atoms with van der Waals surface area (Å²) in [6.45, 7) is 5.61. The van der Waals surface area contributed by atoms with Crippen LogP contribution in [0.25, 0.3) is 0 Å². The molecule has 0 unspecified atom stereocenters. The van der Waals surface area contributed by atoms with E-state index in [1.165, 1.54) is 32.1 Å². The van der Waals surface area contributed by atoms with Crippen LogP contribution in [0.3, 0.4) is 0 Å². The molecule has 1 aromatic carbocycles. The molecule has 7 heteroatoms. The van der Waals surface area contributed by atoms with Gasteiger partial charge in [0, 0.05) is 6.54 Å². The van der Waals surface area contributed by atoms with Gasteiger partial charge in [0.1, 0.15) is 16.5 Å². The standard InChI is InChI=1S/C16H25FN2O3S/c1-13-6-10-19(11-7-13)9-3-8-18-23(20,21)16-12-14(17)4-5-15(16)22-2/h4-5,12-13,18H,3,6-11H2,1-2H3. The van der Waals surface area contributed by atoms with Gasteiger partial charge in [-0.05, 0) is 63.0 Å². The van der Waals surface area contributed by atoms with E-state index in [-0.39, 0.29) is 10.6 Å². The Kier molecular flexibility index (Phi) is 6.38. The number of hydrogen-bond acceptors (Lipinski definition) is 4. The van der Waals surface area contributed by atoms with Crippen molar-refractivity contribution in [3.63, 3.8) is 0 Å². The van der Waals surface area contributed by atoms with E-state index in [2.05, 4.69) is 16.5 Å². The number of methoxy groups -OCH3 is 1. The number of halogens is 1. The molecule has 23 heavy (non-hydrogen) atoms. The van der Waals surface area contributed by atoms with Gasteiger partial charge in [-0.3, -0.25) is 0 Å². The van der Waals surface area contributed by atoms with Crippen LogP contribution in [0.2, 0.25) is 0 Å². The molecule has 2 rings (SSSR count). The van der Waals surface area contributed by atoms with Gasteiger partial charge in [0.05, 0.1) is 7.11 Å². The van der Waals surface area contributed by atoms with Crippen molar-refractivity contribution in [2.24, 2.45) is 5.92 Å². The van der Waals surface area contributed by atoms with Gasteiger partial charge in [0.25, 0.3) is 0 Å². The Morgan fingerprint density at radius 3 is 2.70 bits per heavy atom. The first-order valence-electron chi connectivity index (χ1n) is 7.98. The van der Waals surface area contributed by atoms with Crippen molar-refractivity contribution in [2.75, 3.05) is 33.3 Å². The molecule has 1 aliphatic rings. The SMILES string of the molecule is COc1ccc(F)cc1S(=O)(=O)NCCCN1CCC(C)CC1. The zero-order valence-electron chi connectivity index (χ0n) is 13.7.